The molecule has 0 atom stereocenters. The Morgan fingerprint density at radius 3 is 2.45 bits per heavy atom. The normalized spacial score (nSPS) is 14.9. The van der Waals surface area contributed by atoms with Gasteiger partial charge >= 0.3 is 0 Å². The molecule has 1 heterocycles. The van der Waals surface area contributed by atoms with Crippen LogP contribution in [0.4, 0.5) is 15.8 Å². The van der Waals surface area contributed by atoms with Gasteiger partial charge in [0.1, 0.15) is 5.82 Å². The number of halogens is 1. The van der Waals surface area contributed by atoms with Crippen molar-refractivity contribution in [2.75, 3.05) is 18.0 Å². The van der Waals surface area contributed by atoms with Crippen LogP contribution in [0.5, 0.6) is 0 Å². The van der Waals surface area contributed by atoms with Crippen molar-refractivity contribution in [3.05, 3.63) is 59.4 Å². The molecule has 0 radical (unpaired) electrons. The highest BCUT2D eigenvalue weighted by Gasteiger charge is 2.15. The fourth-order valence-electron chi connectivity index (χ4n) is 2.78. The van der Waals surface area contributed by atoms with Crippen molar-refractivity contribution in [2.24, 2.45) is 4.99 Å². The summed E-state index contributed by atoms with van der Waals surface area (Å²) in [6, 6.07) is 13.5. The van der Waals surface area contributed by atoms with E-state index in [0.29, 0.717) is 5.69 Å². The zero-order valence-corrected chi connectivity index (χ0v) is 12.9. The number of benzene rings is 2. The molecule has 0 aliphatic carbocycles. The van der Waals surface area contributed by atoms with Crippen LogP contribution >= 0.6 is 0 Å². The SMILES string of the molecule is CCc1ccc(N=Cc2ccc(N3CCCC3)c(F)c2)cc1. The predicted molar refractivity (Wildman–Crippen MR) is 90.9 cm³/mol. The van der Waals surface area contributed by atoms with Crippen molar-refractivity contribution in [3.63, 3.8) is 0 Å². The van der Waals surface area contributed by atoms with Gasteiger partial charge in [-0.1, -0.05) is 25.1 Å². The topological polar surface area (TPSA) is 15.6 Å². The predicted octanol–water partition coefficient (Wildman–Crippen LogP) is 4.74. The van der Waals surface area contributed by atoms with Gasteiger partial charge in [0.25, 0.3) is 0 Å². The number of rotatable bonds is 4. The second-order valence-corrected chi connectivity index (χ2v) is 5.68. The third-order valence-electron chi connectivity index (χ3n) is 4.13. The van der Waals surface area contributed by atoms with Gasteiger partial charge in [0.15, 0.2) is 0 Å². The zero-order chi connectivity index (χ0) is 15.4. The van der Waals surface area contributed by atoms with Gasteiger partial charge in [-0.15, -0.1) is 0 Å². The van der Waals surface area contributed by atoms with Crippen molar-refractivity contribution in [2.45, 2.75) is 26.2 Å². The van der Waals surface area contributed by atoms with Crippen LogP contribution in [0.15, 0.2) is 47.5 Å². The fourth-order valence-corrected chi connectivity index (χ4v) is 2.78. The van der Waals surface area contributed by atoms with Gasteiger partial charge in [-0.05, 0) is 54.7 Å². The molecule has 0 spiro atoms. The van der Waals surface area contributed by atoms with E-state index in [0.717, 1.165) is 43.6 Å². The molecule has 3 rings (SSSR count). The molecular weight excluding hydrogens is 275 g/mol. The summed E-state index contributed by atoms with van der Waals surface area (Å²) in [4.78, 5) is 6.53. The number of aliphatic imine (C=N–C) groups is 1. The van der Waals surface area contributed by atoms with Crippen LogP contribution in [0, 0.1) is 5.82 Å². The van der Waals surface area contributed by atoms with Gasteiger partial charge in [-0.3, -0.25) is 4.99 Å². The first-order chi connectivity index (χ1) is 10.8. The lowest BCUT2D eigenvalue weighted by molar-refractivity contribution is 0.623. The van der Waals surface area contributed by atoms with Gasteiger partial charge in [0, 0.05) is 19.3 Å². The third kappa shape index (κ3) is 3.35. The number of anilines is 1. The van der Waals surface area contributed by atoms with Crippen molar-refractivity contribution in [3.8, 4) is 0 Å². The van der Waals surface area contributed by atoms with Gasteiger partial charge in [0.2, 0.25) is 0 Å². The first-order valence-corrected chi connectivity index (χ1v) is 7.94. The van der Waals surface area contributed by atoms with E-state index in [4.69, 9.17) is 0 Å². The van der Waals surface area contributed by atoms with Crippen LogP contribution in [-0.2, 0) is 6.42 Å². The monoisotopic (exact) mass is 296 g/mol. The van der Waals surface area contributed by atoms with E-state index >= 15 is 0 Å². The van der Waals surface area contributed by atoms with E-state index in [1.165, 1.54) is 5.56 Å². The van der Waals surface area contributed by atoms with E-state index in [1.54, 1.807) is 12.3 Å². The molecule has 1 saturated heterocycles. The number of nitrogens with zero attached hydrogens (tertiary/aromatic N) is 2. The largest absolute Gasteiger partial charge is 0.369 e. The second kappa shape index (κ2) is 6.73. The molecule has 2 aromatic carbocycles. The van der Waals surface area contributed by atoms with E-state index in [2.05, 4.69) is 28.9 Å². The maximum Gasteiger partial charge on any atom is 0.147 e. The Kier molecular flexibility index (Phi) is 4.52. The van der Waals surface area contributed by atoms with Crippen molar-refractivity contribution < 1.29 is 4.39 Å². The maximum absolute atomic E-state index is 14.2. The van der Waals surface area contributed by atoms with Gasteiger partial charge < -0.3 is 4.90 Å². The molecule has 3 heteroatoms. The highest BCUT2D eigenvalue weighted by atomic mass is 19.1. The van der Waals surface area contributed by atoms with Crippen LogP contribution in [0.2, 0.25) is 0 Å². The van der Waals surface area contributed by atoms with Crippen LogP contribution in [0.3, 0.4) is 0 Å². The van der Waals surface area contributed by atoms with E-state index in [9.17, 15) is 4.39 Å². The number of hydrogen-bond acceptors (Lipinski definition) is 2. The Bertz CT molecular complexity index is 656. The molecule has 0 N–H and O–H groups in total. The lowest BCUT2D eigenvalue weighted by Gasteiger charge is -2.18. The van der Waals surface area contributed by atoms with Gasteiger partial charge in [-0.25, -0.2) is 4.39 Å². The lowest BCUT2D eigenvalue weighted by atomic mass is 10.1. The summed E-state index contributed by atoms with van der Waals surface area (Å²) in [5.74, 6) is -0.160. The average molecular weight is 296 g/mol. The molecule has 0 aromatic heterocycles. The summed E-state index contributed by atoms with van der Waals surface area (Å²) in [7, 11) is 0. The Morgan fingerprint density at radius 1 is 1.09 bits per heavy atom. The maximum atomic E-state index is 14.2. The second-order valence-electron chi connectivity index (χ2n) is 5.68. The summed E-state index contributed by atoms with van der Waals surface area (Å²) in [6.07, 6.45) is 5.04. The number of hydrogen-bond donors (Lipinski definition) is 0. The average Bonchev–Trinajstić information content (AvgIpc) is 3.07. The Labute approximate surface area is 131 Å². The minimum absolute atomic E-state index is 0.160. The zero-order valence-electron chi connectivity index (χ0n) is 12.9. The Balaban J connectivity index is 1.74. The van der Waals surface area contributed by atoms with Crippen LogP contribution in [0.25, 0.3) is 0 Å². The van der Waals surface area contributed by atoms with Gasteiger partial charge in [-0.2, -0.15) is 0 Å². The van der Waals surface area contributed by atoms with Crippen molar-refractivity contribution >= 4 is 17.6 Å². The van der Waals surface area contributed by atoms with E-state index in [1.807, 2.05) is 24.3 Å². The molecule has 0 saturated carbocycles. The van der Waals surface area contributed by atoms with Crippen LogP contribution in [-0.4, -0.2) is 19.3 Å². The van der Waals surface area contributed by atoms with E-state index in [-0.39, 0.29) is 5.82 Å². The quantitative estimate of drug-likeness (QED) is 0.744. The molecule has 0 bridgehead atoms. The molecule has 0 unspecified atom stereocenters. The molecule has 22 heavy (non-hydrogen) atoms. The Morgan fingerprint density at radius 2 is 1.82 bits per heavy atom. The molecule has 1 aliphatic heterocycles. The minimum Gasteiger partial charge on any atom is -0.369 e. The molecule has 0 amide bonds. The summed E-state index contributed by atoms with van der Waals surface area (Å²) >= 11 is 0. The minimum atomic E-state index is -0.160. The van der Waals surface area contributed by atoms with Crippen LogP contribution in [0.1, 0.15) is 30.9 Å². The summed E-state index contributed by atoms with van der Waals surface area (Å²) in [6.45, 7) is 4.03. The summed E-state index contributed by atoms with van der Waals surface area (Å²) in [5, 5.41) is 0. The lowest BCUT2D eigenvalue weighted by Crippen LogP contribution is -2.18. The van der Waals surface area contributed by atoms with Crippen LogP contribution < -0.4 is 4.90 Å². The highest BCUT2D eigenvalue weighted by molar-refractivity contribution is 5.82. The molecule has 2 nitrogen and oxygen atoms in total. The highest BCUT2D eigenvalue weighted by Crippen LogP contribution is 2.24. The van der Waals surface area contributed by atoms with E-state index < -0.39 is 0 Å². The van der Waals surface area contributed by atoms with Gasteiger partial charge in [0.05, 0.1) is 11.4 Å². The molecular formula is C19H21FN2. The Hall–Kier alpha value is -2.16. The first-order valence-electron chi connectivity index (χ1n) is 7.94. The molecule has 1 aliphatic rings. The van der Waals surface area contributed by atoms with Crippen molar-refractivity contribution in [1.29, 1.82) is 0 Å². The third-order valence-corrected chi connectivity index (χ3v) is 4.13. The number of aryl methyl sites for hydroxylation is 1. The van der Waals surface area contributed by atoms with Crippen molar-refractivity contribution in [1.82, 2.24) is 0 Å². The molecule has 114 valence electrons. The molecule has 1 fully saturated rings. The molecule has 2 aromatic rings. The standard InChI is InChI=1S/C19H21FN2/c1-2-15-5-8-17(9-6-15)21-14-16-7-10-19(18(20)13-16)22-11-3-4-12-22/h5-10,13-14H,2-4,11-12H2,1H3. The smallest absolute Gasteiger partial charge is 0.147 e. The summed E-state index contributed by atoms with van der Waals surface area (Å²) in [5.41, 5.74) is 3.68. The fraction of sp³-hybridized carbons (Fsp3) is 0.316. The summed E-state index contributed by atoms with van der Waals surface area (Å²) < 4.78 is 14.2. The first kappa shape index (κ1) is 14.8.